The summed E-state index contributed by atoms with van der Waals surface area (Å²) in [4.78, 5) is 28.7. The highest BCUT2D eigenvalue weighted by Crippen LogP contribution is 2.17. The molecule has 0 fully saturated rings. The minimum Gasteiger partial charge on any atom is -0.496 e. The number of amides is 1. The second-order valence-corrected chi connectivity index (χ2v) is 5.76. The smallest absolute Gasteiger partial charge is 0.272 e. The molecule has 3 aromatic rings. The van der Waals surface area contributed by atoms with Gasteiger partial charge < -0.3 is 14.6 Å². The van der Waals surface area contributed by atoms with Crippen molar-refractivity contribution in [1.82, 2.24) is 14.9 Å². The molecule has 0 radical (unpaired) electrons. The number of nitrogens with one attached hydrogen (secondary N) is 1. The zero-order valence-electron chi connectivity index (χ0n) is 14.4. The lowest BCUT2D eigenvalue weighted by Gasteiger charge is -2.10. The molecule has 128 valence electrons. The average Bonchev–Trinajstić information content (AvgIpc) is 2.64. The number of benzene rings is 2. The van der Waals surface area contributed by atoms with Crippen LogP contribution < -0.4 is 15.6 Å². The zero-order valence-corrected chi connectivity index (χ0v) is 14.4. The van der Waals surface area contributed by atoms with Gasteiger partial charge >= 0.3 is 0 Å². The van der Waals surface area contributed by atoms with E-state index in [9.17, 15) is 9.59 Å². The molecule has 3 rings (SSSR count). The van der Waals surface area contributed by atoms with Gasteiger partial charge in [-0.05, 0) is 31.2 Å². The van der Waals surface area contributed by atoms with Gasteiger partial charge in [0, 0.05) is 24.7 Å². The van der Waals surface area contributed by atoms with Gasteiger partial charge in [-0.1, -0.05) is 18.2 Å². The highest BCUT2D eigenvalue weighted by molar-refractivity contribution is 5.97. The quantitative estimate of drug-likeness (QED) is 0.792. The van der Waals surface area contributed by atoms with Gasteiger partial charge in [-0.15, -0.1) is 0 Å². The Bertz CT molecular complexity index is 1010. The first kappa shape index (κ1) is 16.7. The van der Waals surface area contributed by atoms with Crippen LogP contribution in [0, 0.1) is 6.92 Å². The Balaban J connectivity index is 1.85. The van der Waals surface area contributed by atoms with Crippen LogP contribution in [0.3, 0.4) is 0 Å². The Morgan fingerprint density at radius 1 is 1.24 bits per heavy atom. The first-order valence-electron chi connectivity index (χ1n) is 7.88. The zero-order chi connectivity index (χ0) is 18.0. The molecule has 1 aromatic heterocycles. The van der Waals surface area contributed by atoms with E-state index < -0.39 is 0 Å². The number of nitrogens with zero attached hydrogens (tertiary/aromatic N) is 2. The van der Waals surface area contributed by atoms with Gasteiger partial charge in [-0.2, -0.15) is 0 Å². The van der Waals surface area contributed by atoms with E-state index in [1.165, 1.54) is 4.57 Å². The molecule has 0 aliphatic heterocycles. The van der Waals surface area contributed by atoms with Gasteiger partial charge in [-0.3, -0.25) is 9.59 Å². The van der Waals surface area contributed by atoms with Crippen molar-refractivity contribution in [3.05, 3.63) is 69.6 Å². The molecule has 6 nitrogen and oxygen atoms in total. The fourth-order valence-corrected chi connectivity index (χ4v) is 2.75. The lowest BCUT2D eigenvalue weighted by atomic mass is 10.1. The Morgan fingerprint density at radius 2 is 2.00 bits per heavy atom. The topological polar surface area (TPSA) is 73.2 Å². The molecule has 0 unspecified atom stereocenters. The summed E-state index contributed by atoms with van der Waals surface area (Å²) in [6.07, 6.45) is 0. The van der Waals surface area contributed by atoms with E-state index in [-0.39, 0.29) is 11.5 Å². The van der Waals surface area contributed by atoms with Gasteiger partial charge in [0.25, 0.3) is 11.5 Å². The number of fused-ring (bicyclic) bond motifs is 1. The first-order valence-corrected chi connectivity index (χ1v) is 7.88. The molecule has 6 heteroatoms. The molecule has 0 aliphatic carbocycles. The summed E-state index contributed by atoms with van der Waals surface area (Å²) >= 11 is 0. The van der Waals surface area contributed by atoms with E-state index in [4.69, 9.17) is 4.74 Å². The van der Waals surface area contributed by atoms with Crippen molar-refractivity contribution in [2.45, 2.75) is 13.5 Å². The van der Waals surface area contributed by atoms with Crippen LogP contribution >= 0.6 is 0 Å². The average molecular weight is 337 g/mol. The van der Waals surface area contributed by atoms with Crippen molar-refractivity contribution in [2.75, 3.05) is 7.11 Å². The maximum atomic E-state index is 12.4. The summed E-state index contributed by atoms with van der Waals surface area (Å²) in [5.41, 5.74) is 2.97. The number of hydrogen-bond donors (Lipinski definition) is 1. The van der Waals surface area contributed by atoms with Crippen LogP contribution in [0.15, 0.2) is 47.3 Å². The van der Waals surface area contributed by atoms with Crippen LogP contribution in [-0.2, 0) is 13.6 Å². The normalized spacial score (nSPS) is 10.7. The molecule has 2 aromatic carbocycles. The molecule has 0 atom stereocenters. The van der Waals surface area contributed by atoms with E-state index in [1.807, 2.05) is 24.3 Å². The van der Waals surface area contributed by atoms with Crippen LogP contribution in [0.2, 0.25) is 0 Å². The molecule has 0 aliphatic rings. The third kappa shape index (κ3) is 3.24. The second-order valence-electron chi connectivity index (χ2n) is 5.76. The molecule has 0 saturated heterocycles. The number of rotatable bonds is 4. The number of para-hydroxylation sites is 1. The second kappa shape index (κ2) is 6.76. The largest absolute Gasteiger partial charge is 0.496 e. The van der Waals surface area contributed by atoms with Gasteiger partial charge in [0.15, 0.2) is 0 Å². The Hall–Kier alpha value is -3.15. The van der Waals surface area contributed by atoms with Gasteiger partial charge in [0.1, 0.15) is 11.4 Å². The maximum Gasteiger partial charge on any atom is 0.272 e. The SMILES string of the molecule is COc1ccccc1CNC(=O)c1ccc2c(c1)nc(C)c(=O)n2C. The predicted molar refractivity (Wildman–Crippen MR) is 95.9 cm³/mol. The van der Waals surface area contributed by atoms with Crippen molar-refractivity contribution in [1.29, 1.82) is 0 Å². The first-order chi connectivity index (χ1) is 12.0. The number of carbonyl (C=O) groups is 1. The summed E-state index contributed by atoms with van der Waals surface area (Å²) in [7, 11) is 3.29. The van der Waals surface area contributed by atoms with Gasteiger partial charge in [-0.25, -0.2) is 4.98 Å². The minimum absolute atomic E-state index is 0.138. The number of carbonyl (C=O) groups excluding carboxylic acids is 1. The van der Waals surface area contributed by atoms with Crippen molar-refractivity contribution >= 4 is 16.9 Å². The van der Waals surface area contributed by atoms with Crippen LogP contribution in [0.25, 0.3) is 11.0 Å². The van der Waals surface area contributed by atoms with Crippen molar-refractivity contribution in [3.8, 4) is 5.75 Å². The summed E-state index contributed by atoms with van der Waals surface area (Å²) in [6, 6.07) is 12.7. The summed E-state index contributed by atoms with van der Waals surface area (Å²) in [6.45, 7) is 2.02. The molecule has 1 heterocycles. The number of hydrogen-bond acceptors (Lipinski definition) is 4. The molecule has 0 bridgehead atoms. The van der Waals surface area contributed by atoms with Gasteiger partial charge in [0.2, 0.25) is 0 Å². The predicted octanol–water partition coefficient (Wildman–Crippen LogP) is 2.18. The van der Waals surface area contributed by atoms with Gasteiger partial charge in [0.05, 0.1) is 18.1 Å². The van der Waals surface area contributed by atoms with E-state index in [1.54, 1.807) is 39.3 Å². The Kier molecular flexibility index (Phi) is 4.52. The summed E-state index contributed by atoms with van der Waals surface area (Å²) in [5.74, 6) is 0.523. The third-order valence-corrected chi connectivity index (χ3v) is 4.13. The van der Waals surface area contributed by atoms with Crippen molar-refractivity contribution in [3.63, 3.8) is 0 Å². The molecule has 0 saturated carbocycles. The van der Waals surface area contributed by atoms with E-state index in [0.29, 0.717) is 28.8 Å². The van der Waals surface area contributed by atoms with Crippen LogP contribution in [0.4, 0.5) is 0 Å². The number of aryl methyl sites for hydroxylation is 2. The van der Waals surface area contributed by atoms with E-state index in [0.717, 1.165) is 11.3 Å². The lowest BCUT2D eigenvalue weighted by molar-refractivity contribution is 0.0951. The fraction of sp³-hybridized carbons (Fsp3) is 0.211. The van der Waals surface area contributed by atoms with E-state index >= 15 is 0 Å². The van der Waals surface area contributed by atoms with E-state index in [2.05, 4.69) is 10.3 Å². The maximum absolute atomic E-state index is 12.4. The molecular formula is C19H19N3O3. The summed E-state index contributed by atoms with van der Waals surface area (Å²) in [5, 5.41) is 2.88. The molecule has 25 heavy (non-hydrogen) atoms. The molecule has 1 N–H and O–H groups in total. The minimum atomic E-state index is -0.207. The number of aromatic nitrogens is 2. The standard InChI is InChI=1S/C19H19N3O3/c1-12-19(24)22(2)16-9-8-13(10-15(16)21-12)18(23)20-11-14-6-4-5-7-17(14)25-3/h4-10H,11H2,1-3H3,(H,20,23). The third-order valence-electron chi connectivity index (χ3n) is 4.13. The van der Waals surface area contributed by atoms with Crippen LogP contribution in [0.5, 0.6) is 5.75 Å². The monoisotopic (exact) mass is 337 g/mol. The number of methoxy groups -OCH3 is 1. The fourth-order valence-electron chi connectivity index (χ4n) is 2.75. The highest BCUT2D eigenvalue weighted by atomic mass is 16.5. The molecule has 1 amide bonds. The Labute approximate surface area is 145 Å². The van der Waals surface area contributed by atoms with Crippen LogP contribution in [-0.4, -0.2) is 22.6 Å². The lowest BCUT2D eigenvalue weighted by Crippen LogP contribution is -2.24. The molecular weight excluding hydrogens is 318 g/mol. The van der Waals surface area contributed by atoms with Crippen molar-refractivity contribution < 1.29 is 9.53 Å². The molecule has 0 spiro atoms. The number of ether oxygens (including phenoxy) is 1. The van der Waals surface area contributed by atoms with Crippen molar-refractivity contribution in [2.24, 2.45) is 7.05 Å². The summed E-state index contributed by atoms with van der Waals surface area (Å²) < 4.78 is 6.82. The Morgan fingerprint density at radius 3 is 2.76 bits per heavy atom. The van der Waals surface area contributed by atoms with Crippen LogP contribution in [0.1, 0.15) is 21.6 Å². The highest BCUT2D eigenvalue weighted by Gasteiger charge is 2.11.